The van der Waals surface area contributed by atoms with Crippen LogP contribution in [0, 0.1) is 0 Å². The van der Waals surface area contributed by atoms with Gasteiger partial charge in [-0.05, 0) is 37.5 Å². The first-order valence-electron chi connectivity index (χ1n) is 7.39. The van der Waals surface area contributed by atoms with Crippen LogP contribution in [0.15, 0.2) is 54.9 Å². The van der Waals surface area contributed by atoms with Crippen LogP contribution in [0.25, 0.3) is 0 Å². The van der Waals surface area contributed by atoms with E-state index in [-0.39, 0.29) is 5.54 Å². The Kier molecular flexibility index (Phi) is 4.91. The molecule has 0 unspecified atom stereocenters. The van der Waals surface area contributed by atoms with Crippen LogP contribution < -0.4 is 5.32 Å². The Bertz CT molecular complexity index is 509. The lowest BCUT2D eigenvalue weighted by molar-refractivity contribution is 0.301. The largest absolute Gasteiger partial charge is 0.301 e. The summed E-state index contributed by atoms with van der Waals surface area (Å²) in [4.78, 5) is 4.27. The third-order valence-corrected chi connectivity index (χ3v) is 3.88. The molecule has 0 spiro atoms. The number of rotatable bonds is 6. The highest BCUT2D eigenvalue weighted by Crippen LogP contribution is 2.29. The zero-order valence-electron chi connectivity index (χ0n) is 12.6. The second-order valence-corrected chi connectivity index (χ2v) is 5.60. The van der Waals surface area contributed by atoms with Crippen LogP contribution in [0.3, 0.4) is 0 Å². The van der Waals surface area contributed by atoms with Gasteiger partial charge < -0.3 is 5.32 Å². The Morgan fingerprint density at radius 2 is 1.90 bits per heavy atom. The Labute approximate surface area is 122 Å². The van der Waals surface area contributed by atoms with E-state index in [4.69, 9.17) is 0 Å². The van der Waals surface area contributed by atoms with Crippen LogP contribution in [0.4, 0.5) is 0 Å². The van der Waals surface area contributed by atoms with Gasteiger partial charge in [-0.2, -0.15) is 0 Å². The van der Waals surface area contributed by atoms with Gasteiger partial charge in [0.2, 0.25) is 0 Å². The standard InChI is InChI=1S/C18H24N2/c1-4-12-18(3,17-11-8-13-19-14-17)20-15(2)16-9-6-5-7-10-16/h5-11,13-15,20H,4,12H2,1-3H3/t15-,18-/m1/s1. The molecule has 1 aromatic heterocycles. The van der Waals surface area contributed by atoms with Gasteiger partial charge in [0, 0.05) is 24.0 Å². The molecule has 0 aliphatic heterocycles. The summed E-state index contributed by atoms with van der Waals surface area (Å²) < 4.78 is 0. The number of nitrogens with one attached hydrogen (secondary N) is 1. The van der Waals surface area contributed by atoms with E-state index in [1.54, 1.807) is 0 Å². The number of nitrogens with zero attached hydrogens (tertiary/aromatic N) is 1. The second-order valence-electron chi connectivity index (χ2n) is 5.60. The highest BCUT2D eigenvalue weighted by atomic mass is 15.0. The number of aromatic nitrogens is 1. The van der Waals surface area contributed by atoms with E-state index in [0.29, 0.717) is 6.04 Å². The van der Waals surface area contributed by atoms with E-state index in [0.717, 1.165) is 12.8 Å². The molecule has 1 N–H and O–H groups in total. The average Bonchev–Trinajstić information content (AvgIpc) is 2.49. The van der Waals surface area contributed by atoms with E-state index in [2.05, 4.69) is 67.5 Å². The van der Waals surface area contributed by atoms with E-state index < -0.39 is 0 Å². The van der Waals surface area contributed by atoms with Crippen molar-refractivity contribution in [2.75, 3.05) is 0 Å². The van der Waals surface area contributed by atoms with Gasteiger partial charge in [0.05, 0.1) is 0 Å². The zero-order chi connectivity index (χ0) is 14.4. The van der Waals surface area contributed by atoms with Gasteiger partial charge in [-0.1, -0.05) is 49.7 Å². The van der Waals surface area contributed by atoms with Crippen LogP contribution in [0.1, 0.15) is 50.8 Å². The van der Waals surface area contributed by atoms with Gasteiger partial charge in [0.15, 0.2) is 0 Å². The summed E-state index contributed by atoms with van der Waals surface area (Å²) in [7, 11) is 0. The molecule has 0 saturated carbocycles. The zero-order valence-corrected chi connectivity index (χ0v) is 12.6. The molecule has 0 aliphatic carbocycles. The van der Waals surface area contributed by atoms with Crippen molar-refractivity contribution in [1.82, 2.24) is 10.3 Å². The highest BCUT2D eigenvalue weighted by Gasteiger charge is 2.27. The van der Waals surface area contributed by atoms with Crippen molar-refractivity contribution in [1.29, 1.82) is 0 Å². The number of hydrogen-bond acceptors (Lipinski definition) is 2. The monoisotopic (exact) mass is 268 g/mol. The normalized spacial score (nSPS) is 15.6. The van der Waals surface area contributed by atoms with E-state index in [9.17, 15) is 0 Å². The molecule has 2 heteroatoms. The third kappa shape index (κ3) is 3.45. The fourth-order valence-electron chi connectivity index (χ4n) is 2.79. The minimum absolute atomic E-state index is 0.0434. The second kappa shape index (κ2) is 6.67. The van der Waals surface area contributed by atoms with Gasteiger partial charge in [-0.15, -0.1) is 0 Å². The molecule has 2 rings (SSSR count). The molecule has 1 aromatic carbocycles. The molecular weight excluding hydrogens is 244 g/mol. The lowest BCUT2D eigenvalue weighted by Crippen LogP contribution is -2.41. The van der Waals surface area contributed by atoms with Gasteiger partial charge in [0.1, 0.15) is 0 Å². The Hall–Kier alpha value is -1.67. The summed E-state index contributed by atoms with van der Waals surface area (Å²) in [5.74, 6) is 0. The molecule has 0 fully saturated rings. The highest BCUT2D eigenvalue weighted by molar-refractivity contribution is 5.23. The summed E-state index contributed by atoms with van der Waals surface area (Å²) in [6, 6.07) is 15.1. The molecule has 0 bridgehead atoms. The van der Waals surface area contributed by atoms with Crippen molar-refractivity contribution in [3.63, 3.8) is 0 Å². The lowest BCUT2D eigenvalue weighted by Gasteiger charge is -2.34. The van der Waals surface area contributed by atoms with E-state index in [1.807, 2.05) is 18.5 Å². The Morgan fingerprint density at radius 1 is 1.15 bits per heavy atom. The first kappa shape index (κ1) is 14.7. The molecule has 0 aliphatic rings. The first-order valence-corrected chi connectivity index (χ1v) is 7.39. The molecule has 1 heterocycles. The first-order chi connectivity index (χ1) is 9.65. The van der Waals surface area contributed by atoms with Gasteiger partial charge >= 0.3 is 0 Å². The van der Waals surface area contributed by atoms with E-state index in [1.165, 1.54) is 11.1 Å². The predicted octanol–water partition coefficient (Wildman–Crippen LogP) is 4.45. The smallest absolute Gasteiger partial charge is 0.0426 e. The van der Waals surface area contributed by atoms with Crippen molar-refractivity contribution in [3.8, 4) is 0 Å². The van der Waals surface area contributed by atoms with E-state index >= 15 is 0 Å². The van der Waals surface area contributed by atoms with Crippen LogP contribution in [-0.2, 0) is 5.54 Å². The maximum absolute atomic E-state index is 4.27. The Morgan fingerprint density at radius 3 is 2.50 bits per heavy atom. The van der Waals surface area contributed by atoms with Crippen molar-refractivity contribution in [2.24, 2.45) is 0 Å². The topological polar surface area (TPSA) is 24.9 Å². The molecule has 0 radical (unpaired) electrons. The van der Waals surface area contributed by atoms with Crippen molar-refractivity contribution >= 4 is 0 Å². The molecule has 2 nitrogen and oxygen atoms in total. The quantitative estimate of drug-likeness (QED) is 0.837. The lowest BCUT2D eigenvalue weighted by atomic mass is 9.87. The minimum atomic E-state index is -0.0434. The van der Waals surface area contributed by atoms with Crippen molar-refractivity contribution in [2.45, 2.75) is 45.2 Å². The maximum atomic E-state index is 4.27. The third-order valence-electron chi connectivity index (χ3n) is 3.88. The van der Waals surface area contributed by atoms with Gasteiger partial charge in [-0.25, -0.2) is 0 Å². The number of hydrogen-bond donors (Lipinski definition) is 1. The van der Waals surface area contributed by atoms with Crippen molar-refractivity contribution in [3.05, 3.63) is 66.0 Å². The minimum Gasteiger partial charge on any atom is -0.301 e. The van der Waals surface area contributed by atoms with Crippen LogP contribution >= 0.6 is 0 Å². The number of pyridine rings is 1. The summed E-state index contributed by atoms with van der Waals surface area (Å²) in [6.45, 7) is 6.72. The SMILES string of the molecule is CCC[C@@](C)(N[C@H](C)c1ccccc1)c1cccnc1. The fraction of sp³-hybridized carbons (Fsp3) is 0.389. The molecule has 20 heavy (non-hydrogen) atoms. The molecular formula is C18H24N2. The van der Waals surface area contributed by atoms with Crippen LogP contribution in [0.2, 0.25) is 0 Å². The number of benzene rings is 1. The van der Waals surface area contributed by atoms with Gasteiger partial charge in [0.25, 0.3) is 0 Å². The molecule has 0 saturated heterocycles. The maximum Gasteiger partial charge on any atom is 0.0426 e. The van der Waals surface area contributed by atoms with Gasteiger partial charge in [-0.3, -0.25) is 4.98 Å². The average molecular weight is 268 g/mol. The molecule has 106 valence electrons. The summed E-state index contributed by atoms with van der Waals surface area (Å²) >= 11 is 0. The predicted molar refractivity (Wildman–Crippen MR) is 84.5 cm³/mol. The van der Waals surface area contributed by atoms with Crippen LogP contribution in [-0.4, -0.2) is 4.98 Å². The summed E-state index contributed by atoms with van der Waals surface area (Å²) in [5, 5.41) is 3.79. The van der Waals surface area contributed by atoms with Crippen LogP contribution in [0.5, 0.6) is 0 Å². The Balaban J connectivity index is 2.21. The molecule has 2 aromatic rings. The molecule has 0 amide bonds. The van der Waals surface area contributed by atoms with Crippen molar-refractivity contribution < 1.29 is 0 Å². The fourth-order valence-corrected chi connectivity index (χ4v) is 2.79. The summed E-state index contributed by atoms with van der Waals surface area (Å²) in [6.07, 6.45) is 6.03. The summed E-state index contributed by atoms with van der Waals surface area (Å²) in [5.41, 5.74) is 2.53. The molecule has 2 atom stereocenters.